The Hall–Kier alpha value is -3.14. The molecular formula is C28H28ClN5O2S2. The number of pyridine rings is 1. The van der Waals surface area contributed by atoms with Crippen molar-refractivity contribution in [1.82, 2.24) is 20.1 Å². The average Bonchev–Trinajstić information content (AvgIpc) is 3.53. The Kier molecular flexibility index (Phi) is 7.61. The summed E-state index contributed by atoms with van der Waals surface area (Å²) < 4.78 is 1.78. The van der Waals surface area contributed by atoms with Crippen LogP contribution in [0.4, 0.5) is 5.82 Å². The topological polar surface area (TPSA) is 80.1 Å². The molecule has 1 N–H and O–H groups in total. The van der Waals surface area contributed by atoms with Crippen LogP contribution >= 0.6 is 34.7 Å². The number of halogens is 1. The molecule has 0 aliphatic carbocycles. The Bertz CT molecular complexity index is 1450. The fourth-order valence-corrected chi connectivity index (χ4v) is 6.59. The van der Waals surface area contributed by atoms with Crippen LogP contribution < -0.4 is 10.2 Å². The number of thiophene rings is 1. The summed E-state index contributed by atoms with van der Waals surface area (Å²) >= 11 is 9.57. The molecule has 0 saturated heterocycles. The predicted octanol–water partition coefficient (Wildman–Crippen LogP) is 5.77. The molecule has 2 amide bonds. The highest BCUT2D eigenvalue weighted by atomic mass is 35.5. The summed E-state index contributed by atoms with van der Waals surface area (Å²) in [6.45, 7) is 6.58. The summed E-state index contributed by atoms with van der Waals surface area (Å²) in [6.07, 6.45) is 3.37. The summed E-state index contributed by atoms with van der Waals surface area (Å²) in [7, 11) is 0. The van der Waals surface area contributed by atoms with Gasteiger partial charge in [0, 0.05) is 34.9 Å². The molecule has 5 rings (SSSR count). The maximum Gasteiger partial charge on any atom is 0.240 e. The van der Waals surface area contributed by atoms with Crippen LogP contribution in [0.15, 0.2) is 65.6 Å². The number of thioether (sulfide) groups is 1. The number of nitrogens with zero attached hydrogens (tertiary/aromatic N) is 4. The second kappa shape index (κ2) is 10.9. The Labute approximate surface area is 235 Å². The number of aromatic nitrogens is 3. The molecule has 1 unspecified atom stereocenters. The van der Waals surface area contributed by atoms with Crippen molar-refractivity contribution in [2.75, 3.05) is 17.2 Å². The van der Waals surface area contributed by atoms with Crippen LogP contribution in [0.1, 0.15) is 48.4 Å². The highest BCUT2D eigenvalue weighted by Gasteiger charge is 2.40. The molecule has 4 heterocycles. The second-order valence-electron chi connectivity index (χ2n) is 10.1. The van der Waals surface area contributed by atoms with E-state index in [9.17, 15) is 9.59 Å². The average molecular weight is 566 g/mol. The van der Waals surface area contributed by atoms with Gasteiger partial charge in [-0.1, -0.05) is 38.4 Å². The SMILES string of the molecule is CC(C)(C)c1nn(-c2cccc(Cl)c2)c2c1C(c1ccsc1)SCC(=O)N2CC(=O)NCc1ccncc1. The van der Waals surface area contributed by atoms with Crippen LogP contribution in [-0.4, -0.2) is 38.9 Å². The normalized spacial score (nSPS) is 15.7. The molecule has 0 fully saturated rings. The lowest BCUT2D eigenvalue weighted by molar-refractivity contribution is -0.123. The molecule has 1 aliphatic heterocycles. The number of carbonyl (C=O) groups is 2. The van der Waals surface area contributed by atoms with Crippen LogP contribution in [0.25, 0.3) is 5.69 Å². The van der Waals surface area contributed by atoms with E-state index in [2.05, 4.69) is 42.5 Å². The number of rotatable bonds is 6. The van der Waals surface area contributed by atoms with Crippen LogP contribution in [0.2, 0.25) is 5.02 Å². The molecule has 1 aromatic carbocycles. The van der Waals surface area contributed by atoms with Crippen LogP contribution in [0.5, 0.6) is 0 Å². The van der Waals surface area contributed by atoms with Crippen molar-refractivity contribution in [3.05, 3.63) is 93.0 Å². The van der Waals surface area contributed by atoms with Gasteiger partial charge in [0.2, 0.25) is 11.8 Å². The third kappa shape index (κ3) is 5.50. The van der Waals surface area contributed by atoms with Crippen LogP contribution in [0.3, 0.4) is 0 Å². The zero-order valence-corrected chi connectivity index (χ0v) is 23.7. The zero-order valence-electron chi connectivity index (χ0n) is 21.3. The number of carbonyl (C=O) groups excluding carboxylic acids is 2. The Morgan fingerprint density at radius 2 is 1.97 bits per heavy atom. The molecule has 0 bridgehead atoms. The molecule has 7 nitrogen and oxygen atoms in total. The van der Waals surface area contributed by atoms with E-state index >= 15 is 0 Å². The van der Waals surface area contributed by atoms with Gasteiger partial charge in [-0.3, -0.25) is 19.5 Å². The van der Waals surface area contributed by atoms with Gasteiger partial charge in [0.05, 0.1) is 22.4 Å². The summed E-state index contributed by atoms with van der Waals surface area (Å²) in [5.41, 5.74) is 4.31. The molecule has 4 aromatic rings. The van der Waals surface area contributed by atoms with E-state index in [1.165, 1.54) is 0 Å². The lowest BCUT2D eigenvalue weighted by atomic mass is 9.87. The van der Waals surface area contributed by atoms with Crippen LogP contribution in [0, 0.1) is 0 Å². The first kappa shape index (κ1) is 26.5. The van der Waals surface area contributed by atoms with Gasteiger partial charge in [-0.2, -0.15) is 16.4 Å². The first-order chi connectivity index (χ1) is 18.2. The molecular weight excluding hydrogens is 538 g/mol. The summed E-state index contributed by atoms with van der Waals surface area (Å²) in [5.74, 6) is 0.460. The van der Waals surface area contributed by atoms with E-state index in [0.717, 1.165) is 28.1 Å². The number of benzene rings is 1. The van der Waals surface area contributed by atoms with Gasteiger partial charge < -0.3 is 5.32 Å². The van der Waals surface area contributed by atoms with Gasteiger partial charge in [-0.05, 0) is 58.3 Å². The van der Waals surface area contributed by atoms with Gasteiger partial charge in [-0.15, -0.1) is 11.8 Å². The highest BCUT2D eigenvalue weighted by Crippen LogP contribution is 2.48. The van der Waals surface area contributed by atoms with Gasteiger partial charge >= 0.3 is 0 Å². The van der Waals surface area contributed by atoms with Crippen LogP contribution in [-0.2, 0) is 21.5 Å². The highest BCUT2D eigenvalue weighted by molar-refractivity contribution is 8.00. The molecule has 1 atom stereocenters. The Morgan fingerprint density at radius 3 is 2.66 bits per heavy atom. The van der Waals surface area contributed by atoms with Crippen molar-refractivity contribution in [1.29, 1.82) is 0 Å². The maximum atomic E-state index is 13.7. The van der Waals surface area contributed by atoms with E-state index < -0.39 is 0 Å². The number of amides is 2. The fraction of sp³-hybridized carbons (Fsp3) is 0.286. The summed E-state index contributed by atoms with van der Waals surface area (Å²) in [4.78, 5) is 32.5. The van der Waals surface area contributed by atoms with E-state index in [1.54, 1.807) is 51.1 Å². The Morgan fingerprint density at radius 1 is 1.18 bits per heavy atom. The monoisotopic (exact) mass is 565 g/mol. The maximum absolute atomic E-state index is 13.7. The van der Waals surface area contributed by atoms with E-state index in [1.807, 2.05) is 35.7 Å². The summed E-state index contributed by atoms with van der Waals surface area (Å²) in [5, 5.41) is 12.6. The quantitative estimate of drug-likeness (QED) is 0.321. The molecule has 1 aliphatic rings. The van der Waals surface area contributed by atoms with Gasteiger partial charge in [0.1, 0.15) is 12.4 Å². The van der Waals surface area contributed by atoms with Crippen molar-refractivity contribution in [2.24, 2.45) is 0 Å². The fourth-order valence-electron chi connectivity index (χ4n) is 4.45. The largest absolute Gasteiger partial charge is 0.350 e. The van der Waals surface area contributed by atoms with Crippen molar-refractivity contribution in [3.63, 3.8) is 0 Å². The molecule has 196 valence electrons. The predicted molar refractivity (Wildman–Crippen MR) is 154 cm³/mol. The molecule has 10 heteroatoms. The summed E-state index contributed by atoms with van der Waals surface area (Å²) in [6, 6.07) is 13.2. The minimum Gasteiger partial charge on any atom is -0.350 e. The van der Waals surface area contributed by atoms with Crippen molar-refractivity contribution >= 4 is 52.3 Å². The van der Waals surface area contributed by atoms with Gasteiger partial charge in [0.25, 0.3) is 0 Å². The van der Waals surface area contributed by atoms with Gasteiger partial charge in [0.15, 0.2) is 0 Å². The smallest absolute Gasteiger partial charge is 0.240 e. The molecule has 0 spiro atoms. The molecule has 0 saturated carbocycles. The van der Waals surface area contributed by atoms with E-state index in [0.29, 0.717) is 17.4 Å². The Balaban J connectivity index is 1.63. The molecule has 38 heavy (non-hydrogen) atoms. The first-order valence-corrected chi connectivity index (χ1v) is 14.6. The number of nitrogens with one attached hydrogen (secondary N) is 1. The first-order valence-electron chi connectivity index (χ1n) is 12.2. The minimum atomic E-state index is -0.314. The number of hydrogen-bond donors (Lipinski definition) is 1. The number of fused-ring (bicyclic) bond motifs is 1. The molecule has 0 radical (unpaired) electrons. The van der Waals surface area contributed by atoms with Gasteiger partial charge in [-0.25, -0.2) is 4.68 Å². The third-order valence-corrected chi connectivity index (χ3v) is 8.43. The number of anilines is 1. The minimum absolute atomic E-state index is 0.104. The molecule has 3 aromatic heterocycles. The second-order valence-corrected chi connectivity index (χ2v) is 12.4. The van der Waals surface area contributed by atoms with Crippen molar-refractivity contribution in [2.45, 2.75) is 38.0 Å². The standard InChI is InChI=1S/C28H28ClN5O2S2/c1-28(2,3)26-24-25(19-9-12-37-16-19)38-17-23(36)33(15-22(35)31-14-18-7-10-30-11-8-18)27(24)34(32-26)21-6-4-5-20(29)13-21/h4-13,16,25H,14-15,17H2,1-3H3,(H,31,35). The third-order valence-electron chi connectivity index (χ3n) is 6.24. The van der Waals surface area contributed by atoms with E-state index in [4.69, 9.17) is 16.7 Å². The van der Waals surface area contributed by atoms with Crippen molar-refractivity contribution < 1.29 is 9.59 Å². The zero-order chi connectivity index (χ0) is 26.9. The van der Waals surface area contributed by atoms with Crippen molar-refractivity contribution in [3.8, 4) is 5.69 Å². The lowest BCUT2D eigenvalue weighted by Crippen LogP contribution is -2.42. The lowest BCUT2D eigenvalue weighted by Gasteiger charge is -2.24. The van der Waals surface area contributed by atoms with E-state index in [-0.39, 0.29) is 34.8 Å². The number of hydrogen-bond acceptors (Lipinski definition) is 6.